The highest BCUT2D eigenvalue weighted by Crippen LogP contribution is 2.32. The second-order valence-electron chi connectivity index (χ2n) is 10.9. The summed E-state index contributed by atoms with van der Waals surface area (Å²) in [6.07, 6.45) is 1.24. The van der Waals surface area contributed by atoms with Crippen LogP contribution >= 0.6 is 0 Å². The van der Waals surface area contributed by atoms with Crippen molar-refractivity contribution in [1.82, 2.24) is 14.9 Å². The maximum absolute atomic E-state index is 13.5. The maximum Gasteiger partial charge on any atom is 0.332 e. The van der Waals surface area contributed by atoms with Crippen molar-refractivity contribution < 1.29 is 32.3 Å². The number of sulfonamides is 1. The Balaban J connectivity index is 1.66. The third-order valence-electron chi connectivity index (χ3n) is 7.90. The Hall–Kier alpha value is -4.79. The van der Waals surface area contributed by atoms with Crippen LogP contribution in [0.15, 0.2) is 59.6 Å². The van der Waals surface area contributed by atoms with Gasteiger partial charge in [0.15, 0.2) is 5.82 Å². The number of hydrogen-bond acceptors (Lipinski definition) is 9. The first-order chi connectivity index (χ1) is 21.1. The molecule has 1 fully saturated rings. The van der Waals surface area contributed by atoms with E-state index in [1.807, 2.05) is 18.7 Å². The lowest BCUT2D eigenvalue weighted by Gasteiger charge is -2.26. The number of likely N-dealkylation sites (N-methyl/N-ethyl adjacent to an activating group) is 1. The second-order valence-corrected chi connectivity index (χ2v) is 12.9. The number of hydrogen-bond donors (Lipinski definition) is 2. The Kier molecular flexibility index (Phi) is 9.32. The molecule has 0 radical (unpaired) electrons. The summed E-state index contributed by atoms with van der Waals surface area (Å²) in [4.78, 5) is 51.0. The highest BCUT2D eigenvalue weighted by molar-refractivity contribution is 7.92. The van der Waals surface area contributed by atoms with E-state index >= 15 is 0 Å². The highest BCUT2D eigenvalue weighted by atomic mass is 32.2. The number of nitrogens with zero attached hydrogens (tertiary/aromatic N) is 6. The molecule has 0 saturated carbocycles. The van der Waals surface area contributed by atoms with Crippen LogP contribution in [0.3, 0.4) is 0 Å². The largest absolute Gasteiger partial charge is 0.480 e. The van der Waals surface area contributed by atoms with Gasteiger partial charge in [-0.05, 0) is 69.7 Å². The number of amides is 3. The first-order valence-corrected chi connectivity index (χ1v) is 15.6. The van der Waals surface area contributed by atoms with Gasteiger partial charge in [0, 0.05) is 33.6 Å². The number of aromatic nitrogens is 2. The molecular weight excluding hydrogens is 605 g/mol. The Morgan fingerprint density at radius 2 is 1.67 bits per heavy atom. The van der Waals surface area contributed by atoms with Gasteiger partial charge in [-0.25, -0.2) is 32.3 Å². The Morgan fingerprint density at radius 1 is 1.07 bits per heavy atom. The van der Waals surface area contributed by atoms with Crippen molar-refractivity contribution in [1.29, 1.82) is 0 Å². The SMILES string of the molecule is CCN(CC)c1ncc(N(C)S(=O)(=O)c2ccc(F)cc2)c(NC(Cc2ccc(N3C(=O)N(C)C(C)(C)C3=O)cc2)C(=O)O)n1. The number of halogens is 1. The minimum Gasteiger partial charge on any atom is -0.480 e. The van der Waals surface area contributed by atoms with E-state index in [1.54, 1.807) is 45.2 Å². The quantitative estimate of drug-likeness (QED) is 0.280. The van der Waals surface area contributed by atoms with Gasteiger partial charge < -0.3 is 20.2 Å². The first kappa shape index (κ1) is 33.1. The lowest BCUT2D eigenvalue weighted by atomic mass is 10.0. The normalized spacial score (nSPS) is 15.3. The summed E-state index contributed by atoms with van der Waals surface area (Å²) in [5, 5.41) is 13.0. The molecular formula is C30H36FN7O6S. The van der Waals surface area contributed by atoms with Crippen molar-refractivity contribution in [3.8, 4) is 0 Å². The van der Waals surface area contributed by atoms with E-state index < -0.39 is 39.4 Å². The van der Waals surface area contributed by atoms with Crippen molar-refractivity contribution in [2.75, 3.05) is 46.6 Å². The van der Waals surface area contributed by atoms with Crippen LogP contribution < -0.4 is 19.4 Å². The van der Waals surface area contributed by atoms with Crippen LogP contribution in [0, 0.1) is 5.82 Å². The third kappa shape index (κ3) is 6.38. The van der Waals surface area contributed by atoms with Gasteiger partial charge in [0.1, 0.15) is 23.1 Å². The van der Waals surface area contributed by atoms with Crippen LogP contribution in [0.5, 0.6) is 0 Å². The zero-order chi connectivity index (χ0) is 33.3. The van der Waals surface area contributed by atoms with E-state index in [4.69, 9.17) is 0 Å². The van der Waals surface area contributed by atoms with Crippen LogP contribution in [0.2, 0.25) is 0 Å². The predicted molar refractivity (Wildman–Crippen MR) is 167 cm³/mol. The van der Waals surface area contributed by atoms with Crippen LogP contribution in [0.25, 0.3) is 0 Å². The van der Waals surface area contributed by atoms with Crippen molar-refractivity contribution in [3.05, 3.63) is 66.1 Å². The number of imide groups is 1. The summed E-state index contributed by atoms with van der Waals surface area (Å²) >= 11 is 0. The first-order valence-electron chi connectivity index (χ1n) is 14.2. The minimum absolute atomic E-state index is 0.0189. The topological polar surface area (TPSA) is 156 Å². The lowest BCUT2D eigenvalue weighted by Crippen LogP contribution is -2.41. The molecule has 1 aliphatic heterocycles. The summed E-state index contributed by atoms with van der Waals surface area (Å²) in [5.74, 6) is -1.99. The van der Waals surface area contributed by atoms with Crippen molar-refractivity contribution in [3.63, 3.8) is 0 Å². The fourth-order valence-electron chi connectivity index (χ4n) is 4.76. The molecule has 15 heteroatoms. The van der Waals surface area contributed by atoms with Gasteiger partial charge in [0.25, 0.3) is 15.9 Å². The molecule has 45 heavy (non-hydrogen) atoms. The number of rotatable bonds is 12. The van der Waals surface area contributed by atoms with E-state index in [-0.39, 0.29) is 34.7 Å². The van der Waals surface area contributed by atoms with Gasteiger partial charge >= 0.3 is 12.0 Å². The average molecular weight is 642 g/mol. The molecule has 3 aromatic rings. The van der Waals surface area contributed by atoms with Gasteiger partial charge in [-0.15, -0.1) is 0 Å². The number of carbonyl (C=O) groups excluding carboxylic acids is 2. The van der Waals surface area contributed by atoms with E-state index in [9.17, 15) is 32.3 Å². The fourth-order valence-corrected chi connectivity index (χ4v) is 5.95. The lowest BCUT2D eigenvalue weighted by molar-refractivity contribution is -0.137. The molecule has 1 saturated heterocycles. The molecule has 1 aliphatic rings. The third-order valence-corrected chi connectivity index (χ3v) is 9.69. The van der Waals surface area contributed by atoms with E-state index in [0.717, 1.165) is 33.5 Å². The second kappa shape index (κ2) is 12.7. The molecule has 2 heterocycles. The molecule has 3 amide bonds. The van der Waals surface area contributed by atoms with Crippen molar-refractivity contribution >= 4 is 51.1 Å². The van der Waals surface area contributed by atoms with Crippen molar-refractivity contribution in [2.24, 2.45) is 0 Å². The summed E-state index contributed by atoms with van der Waals surface area (Å²) in [7, 11) is -1.38. The molecule has 1 unspecified atom stereocenters. The molecule has 1 atom stereocenters. The standard InChI is InChI=1S/C30H36FN7O6S/c1-7-37(8-2)28-32-18-24(36(6)45(43,44)22-15-11-20(31)12-16-22)25(34-28)33-23(26(39)40)17-19-9-13-21(14-10-19)38-27(41)30(3,4)35(5)29(38)42/h9-16,18,23H,7-8,17H2,1-6H3,(H,39,40)(H,32,33,34). The van der Waals surface area contributed by atoms with Crippen LogP contribution in [-0.2, 0) is 26.0 Å². The fraction of sp³-hybridized carbons (Fsp3) is 0.367. The number of carboxylic acids is 1. The van der Waals surface area contributed by atoms with Gasteiger partial charge in [-0.3, -0.25) is 9.10 Å². The minimum atomic E-state index is -4.20. The van der Waals surface area contributed by atoms with Gasteiger partial charge in [-0.1, -0.05) is 12.1 Å². The summed E-state index contributed by atoms with van der Waals surface area (Å²) in [6.45, 7) is 8.18. The smallest absolute Gasteiger partial charge is 0.332 e. The Morgan fingerprint density at radius 3 is 2.18 bits per heavy atom. The predicted octanol–water partition coefficient (Wildman–Crippen LogP) is 3.57. The van der Waals surface area contributed by atoms with Gasteiger partial charge in [0.2, 0.25) is 5.95 Å². The summed E-state index contributed by atoms with van der Waals surface area (Å²) in [5.41, 5.74) is -0.114. The number of anilines is 4. The van der Waals surface area contributed by atoms with Crippen LogP contribution in [0.4, 0.5) is 32.3 Å². The molecule has 0 aliphatic carbocycles. The van der Waals surface area contributed by atoms with Gasteiger partial charge in [-0.2, -0.15) is 4.98 Å². The summed E-state index contributed by atoms with van der Waals surface area (Å²) in [6, 6.07) is 8.95. The number of aliphatic carboxylic acids is 1. The zero-order valence-electron chi connectivity index (χ0n) is 25.9. The number of carbonyl (C=O) groups is 3. The molecule has 0 bridgehead atoms. The molecule has 0 spiro atoms. The number of nitrogens with one attached hydrogen (secondary N) is 1. The highest BCUT2D eigenvalue weighted by Gasteiger charge is 2.49. The molecule has 1 aromatic heterocycles. The maximum atomic E-state index is 13.5. The number of urea groups is 1. The zero-order valence-corrected chi connectivity index (χ0v) is 26.7. The number of benzene rings is 2. The molecule has 2 N–H and O–H groups in total. The summed E-state index contributed by atoms with van der Waals surface area (Å²) < 4.78 is 41.3. The monoisotopic (exact) mass is 641 g/mol. The number of carboxylic acid groups (broad SMARTS) is 1. The molecule has 13 nitrogen and oxygen atoms in total. The van der Waals surface area contributed by atoms with Crippen LogP contribution in [0.1, 0.15) is 33.3 Å². The molecule has 4 rings (SSSR count). The van der Waals surface area contributed by atoms with Crippen LogP contribution in [-0.4, -0.2) is 85.1 Å². The molecule has 240 valence electrons. The molecule has 2 aromatic carbocycles. The Bertz CT molecular complexity index is 1700. The Labute approximate surface area is 261 Å². The van der Waals surface area contributed by atoms with Gasteiger partial charge in [0.05, 0.1) is 16.8 Å². The average Bonchev–Trinajstić information content (AvgIpc) is 3.16. The van der Waals surface area contributed by atoms with Crippen molar-refractivity contribution in [2.45, 2.75) is 50.6 Å². The van der Waals surface area contributed by atoms with E-state index in [0.29, 0.717) is 24.3 Å². The van der Waals surface area contributed by atoms with E-state index in [2.05, 4.69) is 15.3 Å². The van der Waals surface area contributed by atoms with E-state index in [1.165, 1.54) is 18.1 Å².